The second-order valence-corrected chi connectivity index (χ2v) is 5.12. The quantitative estimate of drug-likeness (QED) is 0.819. The van der Waals surface area contributed by atoms with Gasteiger partial charge in [-0.3, -0.25) is 4.79 Å². The third-order valence-corrected chi connectivity index (χ3v) is 3.49. The Labute approximate surface area is 104 Å². The van der Waals surface area contributed by atoms with E-state index in [-0.39, 0.29) is 11.8 Å². The normalized spacial score (nSPS) is 16.3. The highest BCUT2D eigenvalue weighted by Gasteiger charge is 2.22. The molecule has 0 atom stereocenters. The fraction of sp³-hybridized carbons (Fsp3) is 0.417. The molecule has 4 heteroatoms. The van der Waals surface area contributed by atoms with E-state index in [1.165, 1.54) is 0 Å². The molecule has 86 valence electrons. The molecule has 16 heavy (non-hydrogen) atoms. The van der Waals surface area contributed by atoms with Crippen LogP contribution in [0.3, 0.4) is 0 Å². The number of hydrogen-bond donors (Lipinski definition) is 2. The average Bonchev–Trinajstić information content (AvgIpc) is 2.76. The molecule has 0 aliphatic heterocycles. The fourth-order valence-corrected chi connectivity index (χ4v) is 2.42. The zero-order valence-electron chi connectivity index (χ0n) is 9.00. The minimum atomic E-state index is 0.0994. The van der Waals surface area contributed by atoms with Crippen LogP contribution < -0.4 is 11.1 Å². The second kappa shape index (κ2) is 4.87. The van der Waals surface area contributed by atoms with Crippen LogP contribution in [-0.2, 0) is 4.79 Å². The van der Waals surface area contributed by atoms with Gasteiger partial charge in [0.05, 0.1) is 11.4 Å². The number of nitrogen functional groups attached to an aromatic ring is 1. The predicted octanol–water partition coefficient (Wildman–Crippen LogP) is 3.16. The van der Waals surface area contributed by atoms with Crippen molar-refractivity contribution >= 4 is 33.2 Å². The van der Waals surface area contributed by atoms with Crippen molar-refractivity contribution < 1.29 is 4.79 Å². The smallest absolute Gasteiger partial charge is 0.227 e. The Balaban J connectivity index is 2.07. The van der Waals surface area contributed by atoms with E-state index in [0.29, 0.717) is 11.4 Å². The van der Waals surface area contributed by atoms with Gasteiger partial charge in [-0.1, -0.05) is 28.8 Å². The minimum absolute atomic E-state index is 0.0994. The molecule has 3 nitrogen and oxygen atoms in total. The number of benzene rings is 1. The van der Waals surface area contributed by atoms with Gasteiger partial charge in [-0.15, -0.1) is 0 Å². The van der Waals surface area contributed by atoms with Crippen LogP contribution in [0, 0.1) is 5.92 Å². The van der Waals surface area contributed by atoms with Gasteiger partial charge in [0.15, 0.2) is 0 Å². The van der Waals surface area contributed by atoms with Gasteiger partial charge in [-0.05, 0) is 31.0 Å². The molecule has 0 spiro atoms. The summed E-state index contributed by atoms with van der Waals surface area (Å²) in [5, 5.41) is 2.90. The van der Waals surface area contributed by atoms with Gasteiger partial charge in [-0.25, -0.2) is 0 Å². The lowest BCUT2D eigenvalue weighted by Gasteiger charge is -2.12. The summed E-state index contributed by atoms with van der Waals surface area (Å²) in [6.07, 6.45) is 4.32. The highest BCUT2D eigenvalue weighted by molar-refractivity contribution is 9.10. The molecule has 1 amide bonds. The third-order valence-electron chi connectivity index (χ3n) is 3.00. The molecule has 0 radical (unpaired) electrons. The maximum Gasteiger partial charge on any atom is 0.227 e. The van der Waals surface area contributed by atoms with Crippen LogP contribution in [0.2, 0.25) is 0 Å². The zero-order chi connectivity index (χ0) is 11.5. The molecule has 1 aliphatic carbocycles. The van der Waals surface area contributed by atoms with Crippen LogP contribution >= 0.6 is 15.9 Å². The van der Waals surface area contributed by atoms with Crippen LogP contribution in [-0.4, -0.2) is 5.91 Å². The van der Waals surface area contributed by atoms with Crippen molar-refractivity contribution in [2.24, 2.45) is 5.92 Å². The summed E-state index contributed by atoms with van der Waals surface area (Å²) in [5.41, 5.74) is 7.11. The summed E-state index contributed by atoms with van der Waals surface area (Å²) in [6.45, 7) is 0. The Morgan fingerprint density at radius 2 is 2.06 bits per heavy atom. The molecule has 1 fully saturated rings. The molecule has 3 N–H and O–H groups in total. The second-order valence-electron chi connectivity index (χ2n) is 4.20. The SMILES string of the molecule is Nc1ccc(Br)cc1NC(=O)C1CCCC1. The predicted molar refractivity (Wildman–Crippen MR) is 69.1 cm³/mol. The van der Waals surface area contributed by atoms with Crippen molar-refractivity contribution in [2.45, 2.75) is 25.7 Å². The number of hydrogen-bond acceptors (Lipinski definition) is 2. The molecule has 0 unspecified atom stereocenters. The van der Waals surface area contributed by atoms with E-state index in [1.54, 1.807) is 6.07 Å². The molecule has 0 bridgehead atoms. The number of anilines is 2. The molecule has 2 rings (SSSR count). The number of nitrogens with one attached hydrogen (secondary N) is 1. The van der Waals surface area contributed by atoms with Crippen molar-refractivity contribution in [1.82, 2.24) is 0 Å². The largest absolute Gasteiger partial charge is 0.397 e. The molecule has 0 saturated heterocycles. The van der Waals surface area contributed by atoms with E-state index in [4.69, 9.17) is 5.73 Å². The summed E-state index contributed by atoms with van der Waals surface area (Å²) in [7, 11) is 0. The number of carbonyl (C=O) groups excluding carboxylic acids is 1. The lowest BCUT2D eigenvalue weighted by atomic mass is 10.1. The lowest BCUT2D eigenvalue weighted by Crippen LogP contribution is -2.20. The van der Waals surface area contributed by atoms with Crippen molar-refractivity contribution in [3.63, 3.8) is 0 Å². The van der Waals surface area contributed by atoms with Crippen LogP contribution in [0.25, 0.3) is 0 Å². The van der Waals surface area contributed by atoms with Crippen molar-refractivity contribution in [3.05, 3.63) is 22.7 Å². The van der Waals surface area contributed by atoms with Crippen LogP contribution in [0.1, 0.15) is 25.7 Å². The van der Waals surface area contributed by atoms with Gasteiger partial charge in [0.1, 0.15) is 0 Å². The van der Waals surface area contributed by atoms with Crippen molar-refractivity contribution in [2.75, 3.05) is 11.1 Å². The maximum atomic E-state index is 11.9. The van der Waals surface area contributed by atoms with E-state index in [1.807, 2.05) is 12.1 Å². The molecule has 0 aromatic heterocycles. The lowest BCUT2D eigenvalue weighted by molar-refractivity contribution is -0.119. The molecule has 1 saturated carbocycles. The molecule has 1 aromatic rings. The first kappa shape index (κ1) is 11.5. The van der Waals surface area contributed by atoms with Gasteiger partial charge >= 0.3 is 0 Å². The maximum absolute atomic E-state index is 11.9. The summed E-state index contributed by atoms with van der Waals surface area (Å²) >= 11 is 3.36. The molecule has 1 aromatic carbocycles. The number of nitrogens with two attached hydrogens (primary N) is 1. The van der Waals surface area contributed by atoms with Crippen molar-refractivity contribution in [3.8, 4) is 0 Å². The van der Waals surface area contributed by atoms with Gasteiger partial charge in [0.25, 0.3) is 0 Å². The monoisotopic (exact) mass is 282 g/mol. The summed E-state index contributed by atoms with van der Waals surface area (Å²) in [4.78, 5) is 11.9. The Morgan fingerprint density at radius 3 is 2.75 bits per heavy atom. The Morgan fingerprint density at radius 1 is 1.38 bits per heavy atom. The highest BCUT2D eigenvalue weighted by Crippen LogP contribution is 2.28. The molecular formula is C12H15BrN2O. The van der Waals surface area contributed by atoms with E-state index in [2.05, 4.69) is 21.2 Å². The van der Waals surface area contributed by atoms with E-state index in [0.717, 1.165) is 30.2 Å². The van der Waals surface area contributed by atoms with E-state index >= 15 is 0 Å². The standard InChI is InChI=1S/C12H15BrN2O/c13-9-5-6-10(14)11(7-9)15-12(16)8-3-1-2-4-8/h5-8H,1-4,14H2,(H,15,16). The minimum Gasteiger partial charge on any atom is -0.397 e. The summed E-state index contributed by atoms with van der Waals surface area (Å²) in [6, 6.07) is 5.48. The number of carbonyl (C=O) groups is 1. The third kappa shape index (κ3) is 2.55. The summed E-state index contributed by atoms with van der Waals surface area (Å²) < 4.78 is 0.920. The van der Waals surface area contributed by atoms with Crippen LogP contribution in [0.5, 0.6) is 0 Å². The van der Waals surface area contributed by atoms with Crippen LogP contribution in [0.4, 0.5) is 11.4 Å². The fourth-order valence-electron chi connectivity index (χ4n) is 2.06. The number of amides is 1. The zero-order valence-corrected chi connectivity index (χ0v) is 10.6. The highest BCUT2D eigenvalue weighted by atomic mass is 79.9. The Hall–Kier alpha value is -1.03. The van der Waals surface area contributed by atoms with E-state index in [9.17, 15) is 4.79 Å². The Bertz CT molecular complexity index is 400. The first-order valence-electron chi connectivity index (χ1n) is 5.52. The summed E-state index contributed by atoms with van der Waals surface area (Å²) in [5.74, 6) is 0.265. The van der Waals surface area contributed by atoms with E-state index < -0.39 is 0 Å². The van der Waals surface area contributed by atoms with Crippen LogP contribution in [0.15, 0.2) is 22.7 Å². The first-order valence-corrected chi connectivity index (χ1v) is 6.32. The van der Waals surface area contributed by atoms with Crippen molar-refractivity contribution in [1.29, 1.82) is 0 Å². The first-order chi connectivity index (χ1) is 7.66. The Kier molecular flexibility index (Phi) is 3.49. The molecular weight excluding hydrogens is 268 g/mol. The van der Waals surface area contributed by atoms with Gasteiger partial charge in [0.2, 0.25) is 5.91 Å². The van der Waals surface area contributed by atoms with Gasteiger partial charge in [0, 0.05) is 10.4 Å². The average molecular weight is 283 g/mol. The molecule has 1 aliphatic rings. The number of rotatable bonds is 2. The number of halogens is 1. The molecule has 0 heterocycles. The van der Waals surface area contributed by atoms with Gasteiger partial charge in [-0.2, -0.15) is 0 Å². The topological polar surface area (TPSA) is 55.1 Å². The van der Waals surface area contributed by atoms with Gasteiger partial charge < -0.3 is 11.1 Å².